The third-order valence-electron chi connectivity index (χ3n) is 11.7. The van der Waals surface area contributed by atoms with Crippen molar-refractivity contribution in [1.29, 1.82) is 0 Å². The predicted octanol–water partition coefficient (Wildman–Crippen LogP) is 7.22. The van der Waals surface area contributed by atoms with Gasteiger partial charge in [0.1, 0.15) is 0 Å². The first kappa shape index (κ1) is 39.5. The molecule has 0 saturated carbocycles. The van der Waals surface area contributed by atoms with Crippen molar-refractivity contribution in [2.24, 2.45) is 11.3 Å². The van der Waals surface area contributed by atoms with Crippen molar-refractivity contribution < 1.29 is 46.1 Å². The third kappa shape index (κ3) is 6.73. The zero-order chi connectivity index (χ0) is 33.3. The molecule has 0 nitrogen and oxygen atoms in total. The smallest absolute Gasteiger partial charge is 1.00 e. The molecule has 0 spiro atoms. The van der Waals surface area contributed by atoms with Gasteiger partial charge >= 0.3 is 291 Å². The Morgan fingerprint density at radius 3 is 1.56 bits per heavy atom. The molecular formula is C45H60Cl2Zr. The van der Waals surface area contributed by atoms with Gasteiger partial charge in [0, 0.05) is 0 Å². The van der Waals surface area contributed by atoms with Crippen molar-refractivity contribution in [3.8, 4) is 11.1 Å². The van der Waals surface area contributed by atoms with Crippen molar-refractivity contribution in [2.75, 3.05) is 0 Å². The molecule has 0 bridgehead atoms. The Morgan fingerprint density at radius 2 is 1.17 bits per heavy atom. The molecule has 2 aromatic rings. The van der Waals surface area contributed by atoms with Crippen LogP contribution in [0.3, 0.4) is 0 Å². The van der Waals surface area contributed by atoms with E-state index in [9.17, 15) is 0 Å². The maximum Gasteiger partial charge on any atom is -1.00 e. The fourth-order valence-corrected chi connectivity index (χ4v) is 19.4. The van der Waals surface area contributed by atoms with Gasteiger partial charge in [0.2, 0.25) is 0 Å². The second-order valence-electron chi connectivity index (χ2n) is 17.2. The average Bonchev–Trinajstić information content (AvgIpc) is 3.67. The van der Waals surface area contributed by atoms with Crippen molar-refractivity contribution >= 4 is 14.4 Å². The monoisotopic (exact) mass is 760 g/mol. The SMILES string of the molecule is CCCC[C](CCCC)=[Zr+2]([C]1=CC(C(C)(C)C)=CC1CC)[CH]1c2cc3c(cc2-c2cc4c(cc21)C(C)(C)C=C4C)C(C)=CC3(C)C.[Cl-].[Cl-]. The van der Waals surface area contributed by atoms with E-state index in [4.69, 9.17) is 0 Å². The zero-order valence-corrected chi connectivity index (χ0v) is 35.9. The standard InChI is InChI=1S/C25H25.C11H17.C9H18.2ClH.Zr/c1-14-12-24(3,4)22-8-16-7-17-9-23-19(15(2)13-25(23,5)6)11-21(17)20(16)10-18(14)22;1-5-9-6-7-10(8-9)11(2,3)4;1-3-5-7-9-8-6-4-2;;;/h7-13H,1-6H3;7-9H,5H2,1-4H3;3-8H2,1-2H3;2*1H;/q;;;;;+2/p-2. The molecule has 3 heteroatoms. The molecule has 0 fully saturated rings. The van der Waals surface area contributed by atoms with Crippen molar-refractivity contribution in [3.05, 3.63) is 90.8 Å². The number of benzene rings is 2. The number of rotatable bonds is 9. The Labute approximate surface area is 314 Å². The number of hydrogen-bond acceptors (Lipinski definition) is 0. The van der Waals surface area contributed by atoms with Gasteiger partial charge in [-0.1, -0.05) is 0 Å². The number of fused-ring (bicyclic) bond motifs is 5. The van der Waals surface area contributed by atoms with Crippen LogP contribution in [0.2, 0.25) is 0 Å². The first-order valence-electron chi connectivity index (χ1n) is 18.6. The van der Waals surface area contributed by atoms with Crippen molar-refractivity contribution in [1.82, 2.24) is 0 Å². The minimum absolute atomic E-state index is 0. The Bertz CT molecular complexity index is 1650. The first-order chi connectivity index (χ1) is 21.6. The number of hydrogen-bond donors (Lipinski definition) is 0. The fourth-order valence-electron chi connectivity index (χ4n) is 9.23. The molecular weight excluding hydrogens is 703 g/mol. The van der Waals surface area contributed by atoms with E-state index in [-0.39, 0.29) is 41.1 Å². The molecule has 258 valence electrons. The number of unbranched alkanes of at least 4 members (excludes halogenated alkanes) is 2. The number of allylic oxidation sites excluding steroid dienone is 8. The fraction of sp³-hybridized carbons (Fsp3) is 0.533. The van der Waals surface area contributed by atoms with E-state index in [2.05, 4.69) is 132 Å². The molecule has 0 saturated heterocycles. The van der Waals surface area contributed by atoms with Gasteiger partial charge in [-0.3, -0.25) is 0 Å². The summed E-state index contributed by atoms with van der Waals surface area (Å²) in [5.74, 6) is 0.596. The molecule has 48 heavy (non-hydrogen) atoms. The van der Waals surface area contributed by atoms with E-state index in [1.807, 2.05) is 6.49 Å². The Hall–Kier alpha value is -1.27. The molecule has 0 amide bonds. The van der Waals surface area contributed by atoms with Crippen molar-refractivity contribution in [2.45, 2.75) is 142 Å². The predicted molar refractivity (Wildman–Crippen MR) is 201 cm³/mol. The maximum atomic E-state index is 2.77. The molecule has 0 radical (unpaired) electrons. The molecule has 2 aromatic carbocycles. The van der Waals surface area contributed by atoms with Gasteiger partial charge in [-0.15, -0.1) is 0 Å². The summed E-state index contributed by atoms with van der Waals surface area (Å²) in [6, 6.07) is 10.7. The third-order valence-corrected chi connectivity index (χ3v) is 20.6. The first-order valence-corrected chi connectivity index (χ1v) is 22.4. The van der Waals surface area contributed by atoms with Crippen LogP contribution in [0.1, 0.15) is 165 Å². The minimum Gasteiger partial charge on any atom is -1.00 e. The van der Waals surface area contributed by atoms with Gasteiger partial charge in [-0.2, -0.15) is 0 Å². The quantitative estimate of drug-likeness (QED) is 0.253. The van der Waals surface area contributed by atoms with Crippen LogP contribution in [0.25, 0.3) is 22.3 Å². The molecule has 1 unspecified atom stereocenters. The van der Waals surface area contributed by atoms with E-state index >= 15 is 0 Å². The molecule has 4 aliphatic carbocycles. The van der Waals surface area contributed by atoms with Crippen LogP contribution in [0.15, 0.2) is 57.4 Å². The summed E-state index contributed by atoms with van der Waals surface area (Å²) in [5, 5.41) is 0. The summed E-state index contributed by atoms with van der Waals surface area (Å²) in [6.07, 6.45) is 19.6. The summed E-state index contributed by atoms with van der Waals surface area (Å²) in [4.78, 5) is 0. The van der Waals surface area contributed by atoms with Crippen LogP contribution in [0, 0.1) is 11.3 Å². The summed E-state index contributed by atoms with van der Waals surface area (Å²) >= 11 is -2.52. The van der Waals surface area contributed by atoms with Gasteiger partial charge in [-0.05, 0) is 0 Å². The maximum absolute atomic E-state index is 2.77. The van der Waals surface area contributed by atoms with E-state index in [1.165, 1.54) is 67.2 Å². The molecule has 4 aliphatic rings. The van der Waals surface area contributed by atoms with Gasteiger partial charge in [-0.25, -0.2) is 0 Å². The topological polar surface area (TPSA) is 0 Å². The Morgan fingerprint density at radius 1 is 0.708 bits per heavy atom. The second kappa shape index (κ2) is 14.4. The summed E-state index contributed by atoms with van der Waals surface area (Å²) in [7, 11) is 0. The van der Waals surface area contributed by atoms with Crippen LogP contribution in [0.4, 0.5) is 0 Å². The molecule has 0 aliphatic heterocycles. The summed E-state index contributed by atoms with van der Waals surface area (Å²) < 4.78 is 4.45. The van der Waals surface area contributed by atoms with Gasteiger partial charge in [0.25, 0.3) is 0 Å². The van der Waals surface area contributed by atoms with E-state index in [0.717, 1.165) is 0 Å². The zero-order valence-electron chi connectivity index (χ0n) is 32.0. The summed E-state index contributed by atoms with van der Waals surface area (Å²) in [5.41, 5.74) is 17.3. The molecule has 6 rings (SSSR count). The average molecular weight is 763 g/mol. The summed E-state index contributed by atoms with van der Waals surface area (Å²) in [6.45, 7) is 28.9. The normalized spacial score (nSPS) is 19.4. The van der Waals surface area contributed by atoms with E-state index in [0.29, 0.717) is 9.54 Å². The van der Waals surface area contributed by atoms with Crippen LogP contribution < -0.4 is 24.8 Å². The van der Waals surface area contributed by atoms with E-state index < -0.39 is 21.3 Å². The van der Waals surface area contributed by atoms with Crippen LogP contribution >= 0.6 is 0 Å². The van der Waals surface area contributed by atoms with Gasteiger partial charge < -0.3 is 24.8 Å². The number of halogens is 2. The Balaban J connectivity index is 0.00000260. The van der Waals surface area contributed by atoms with Gasteiger partial charge in [0.05, 0.1) is 0 Å². The molecule has 0 aromatic heterocycles. The van der Waals surface area contributed by atoms with Crippen LogP contribution in [-0.4, -0.2) is 3.21 Å². The minimum atomic E-state index is -2.52. The van der Waals surface area contributed by atoms with Gasteiger partial charge in [0.15, 0.2) is 0 Å². The van der Waals surface area contributed by atoms with Crippen LogP contribution in [-0.2, 0) is 32.1 Å². The molecule has 1 atom stereocenters. The molecule has 0 N–H and O–H groups in total. The largest absolute Gasteiger partial charge is 1.00 e. The second-order valence-corrected chi connectivity index (χ2v) is 23.8. The van der Waals surface area contributed by atoms with Crippen molar-refractivity contribution in [3.63, 3.8) is 0 Å². The molecule has 0 heterocycles. The van der Waals surface area contributed by atoms with E-state index in [1.54, 1.807) is 39.0 Å². The van der Waals surface area contributed by atoms with Crippen LogP contribution in [0.5, 0.6) is 0 Å². The Kier molecular flexibility index (Phi) is 11.9.